The summed E-state index contributed by atoms with van der Waals surface area (Å²) in [4.78, 5) is 34.1. The maximum absolute atomic E-state index is 13.1. The molecular formula is C18H26N4O2S. The van der Waals surface area contributed by atoms with Crippen LogP contribution in [0, 0.1) is 13.8 Å². The van der Waals surface area contributed by atoms with E-state index in [4.69, 9.17) is 4.98 Å². The summed E-state index contributed by atoms with van der Waals surface area (Å²) in [5, 5.41) is 3.72. The molecule has 25 heavy (non-hydrogen) atoms. The summed E-state index contributed by atoms with van der Waals surface area (Å²) in [7, 11) is 3.87. The summed E-state index contributed by atoms with van der Waals surface area (Å²) in [6.45, 7) is 4.52. The van der Waals surface area contributed by atoms with Gasteiger partial charge < -0.3 is 10.2 Å². The number of hydrogen-bond acceptors (Lipinski definition) is 5. The van der Waals surface area contributed by atoms with E-state index in [-0.39, 0.29) is 24.1 Å². The lowest BCUT2D eigenvalue weighted by molar-refractivity contribution is -0.122. The molecule has 0 aromatic carbocycles. The molecule has 2 heterocycles. The fraction of sp³-hybridized carbons (Fsp3) is 0.611. The summed E-state index contributed by atoms with van der Waals surface area (Å²) in [5.74, 6) is 0.546. The molecule has 0 aliphatic heterocycles. The third-order valence-electron chi connectivity index (χ3n) is 4.85. The Hall–Kier alpha value is -1.73. The highest BCUT2D eigenvalue weighted by molar-refractivity contribution is 7.18. The lowest BCUT2D eigenvalue weighted by Crippen LogP contribution is -2.39. The van der Waals surface area contributed by atoms with Gasteiger partial charge in [-0.2, -0.15) is 0 Å². The number of amides is 1. The number of nitrogens with zero attached hydrogens (tertiary/aromatic N) is 3. The van der Waals surface area contributed by atoms with Gasteiger partial charge in [0, 0.05) is 10.9 Å². The molecule has 2 aromatic heterocycles. The van der Waals surface area contributed by atoms with Crippen molar-refractivity contribution in [1.29, 1.82) is 0 Å². The van der Waals surface area contributed by atoms with Gasteiger partial charge in [0.1, 0.15) is 17.2 Å². The molecule has 1 saturated carbocycles. The highest BCUT2D eigenvalue weighted by Crippen LogP contribution is 2.26. The van der Waals surface area contributed by atoms with Gasteiger partial charge in [0.15, 0.2) is 0 Å². The zero-order valence-corrected chi connectivity index (χ0v) is 16.2. The van der Waals surface area contributed by atoms with Gasteiger partial charge in [-0.3, -0.25) is 14.2 Å². The van der Waals surface area contributed by atoms with Gasteiger partial charge in [0.2, 0.25) is 5.91 Å². The van der Waals surface area contributed by atoms with E-state index in [0.29, 0.717) is 17.8 Å². The minimum absolute atomic E-state index is 0.0375. The van der Waals surface area contributed by atoms with Crippen molar-refractivity contribution in [1.82, 2.24) is 19.8 Å². The molecule has 1 amide bonds. The van der Waals surface area contributed by atoms with Gasteiger partial charge in [0.05, 0.1) is 11.9 Å². The standard InChI is InChI=1S/C18H26N4O2S/c1-11-12(2)25-17-16(11)18(24)22(14(20-17)9-21(3)4)10-15(23)19-13-7-5-6-8-13/h13H,5-10H2,1-4H3,(H,19,23). The quantitative estimate of drug-likeness (QED) is 0.885. The van der Waals surface area contributed by atoms with Crippen molar-refractivity contribution < 1.29 is 4.79 Å². The molecule has 3 rings (SSSR count). The minimum atomic E-state index is -0.106. The van der Waals surface area contributed by atoms with Crippen molar-refractivity contribution in [2.45, 2.75) is 58.7 Å². The van der Waals surface area contributed by atoms with Crippen molar-refractivity contribution in [2.75, 3.05) is 14.1 Å². The Balaban J connectivity index is 1.98. The minimum Gasteiger partial charge on any atom is -0.352 e. The predicted molar refractivity (Wildman–Crippen MR) is 101 cm³/mol. The summed E-state index contributed by atoms with van der Waals surface area (Å²) in [6, 6.07) is 0.252. The number of aryl methyl sites for hydroxylation is 2. The zero-order chi connectivity index (χ0) is 18.1. The molecule has 2 aromatic rings. The first-order valence-corrected chi connectivity index (χ1v) is 9.62. The van der Waals surface area contributed by atoms with Gasteiger partial charge in [-0.25, -0.2) is 4.98 Å². The van der Waals surface area contributed by atoms with E-state index < -0.39 is 0 Å². The molecule has 0 spiro atoms. The average Bonchev–Trinajstić information content (AvgIpc) is 3.12. The van der Waals surface area contributed by atoms with Crippen LogP contribution < -0.4 is 10.9 Å². The first-order chi connectivity index (χ1) is 11.9. The molecule has 1 fully saturated rings. The molecule has 0 bridgehead atoms. The van der Waals surface area contributed by atoms with Crippen molar-refractivity contribution in [2.24, 2.45) is 0 Å². The Morgan fingerprint density at radius 3 is 2.64 bits per heavy atom. The average molecular weight is 362 g/mol. The van der Waals surface area contributed by atoms with Gasteiger partial charge in [0.25, 0.3) is 5.56 Å². The Bertz CT molecular complexity index is 847. The lowest BCUT2D eigenvalue weighted by Gasteiger charge is -2.17. The van der Waals surface area contributed by atoms with Crippen LogP contribution in [0.2, 0.25) is 0 Å². The SMILES string of the molecule is Cc1sc2nc(CN(C)C)n(CC(=O)NC3CCCC3)c(=O)c2c1C. The molecule has 136 valence electrons. The summed E-state index contributed by atoms with van der Waals surface area (Å²) < 4.78 is 1.55. The number of aromatic nitrogens is 2. The van der Waals surface area contributed by atoms with E-state index in [1.807, 2.05) is 32.8 Å². The lowest BCUT2D eigenvalue weighted by atomic mass is 10.2. The van der Waals surface area contributed by atoms with E-state index >= 15 is 0 Å². The Labute approximate surface area is 151 Å². The van der Waals surface area contributed by atoms with Crippen molar-refractivity contribution in [3.05, 3.63) is 26.6 Å². The van der Waals surface area contributed by atoms with Crippen LogP contribution in [-0.4, -0.2) is 40.5 Å². The fourth-order valence-corrected chi connectivity index (χ4v) is 4.46. The second kappa shape index (κ2) is 7.25. The molecule has 0 atom stereocenters. The molecule has 1 aliphatic carbocycles. The Kier molecular flexibility index (Phi) is 5.24. The number of carbonyl (C=O) groups excluding carboxylic acids is 1. The zero-order valence-electron chi connectivity index (χ0n) is 15.4. The molecule has 1 N–H and O–H groups in total. The molecule has 0 radical (unpaired) electrons. The van der Waals surface area contributed by atoms with Crippen molar-refractivity contribution >= 4 is 27.5 Å². The van der Waals surface area contributed by atoms with Gasteiger partial charge in [-0.05, 0) is 46.3 Å². The van der Waals surface area contributed by atoms with Crippen LogP contribution in [0.5, 0.6) is 0 Å². The van der Waals surface area contributed by atoms with E-state index in [2.05, 4.69) is 5.32 Å². The number of fused-ring (bicyclic) bond motifs is 1. The maximum Gasteiger partial charge on any atom is 0.263 e. The first-order valence-electron chi connectivity index (χ1n) is 8.80. The summed E-state index contributed by atoms with van der Waals surface area (Å²) >= 11 is 1.54. The van der Waals surface area contributed by atoms with Crippen LogP contribution in [0.4, 0.5) is 0 Å². The van der Waals surface area contributed by atoms with Gasteiger partial charge in [-0.1, -0.05) is 12.8 Å². The maximum atomic E-state index is 13.1. The number of rotatable bonds is 5. The summed E-state index contributed by atoms with van der Waals surface area (Å²) in [6.07, 6.45) is 4.39. The number of carbonyl (C=O) groups is 1. The van der Waals surface area contributed by atoms with E-state index in [9.17, 15) is 9.59 Å². The van der Waals surface area contributed by atoms with Crippen LogP contribution >= 0.6 is 11.3 Å². The topological polar surface area (TPSA) is 67.2 Å². The molecule has 0 saturated heterocycles. The van der Waals surface area contributed by atoms with Crippen LogP contribution in [0.25, 0.3) is 10.2 Å². The second-order valence-electron chi connectivity index (χ2n) is 7.17. The van der Waals surface area contributed by atoms with Crippen molar-refractivity contribution in [3.8, 4) is 0 Å². The van der Waals surface area contributed by atoms with Crippen LogP contribution in [0.1, 0.15) is 41.9 Å². The molecule has 1 aliphatic rings. The van der Waals surface area contributed by atoms with Crippen LogP contribution in [0.15, 0.2) is 4.79 Å². The second-order valence-corrected chi connectivity index (χ2v) is 8.37. The third-order valence-corrected chi connectivity index (χ3v) is 5.95. The monoisotopic (exact) mass is 362 g/mol. The largest absolute Gasteiger partial charge is 0.352 e. The highest BCUT2D eigenvalue weighted by Gasteiger charge is 2.21. The number of nitrogens with one attached hydrogen (secondary N) is 1. The van der Waals surface area contributed by atoms with Gasteiger partial charge in [-0.15, -0.1) is 11.3 Å². The predicted octanol–water partition coefficient (Wildman–Crippen LogP) is 2.20. The number of hydrogen-bond donors (Lipinski definition) is 1. The first kappa shape index (κ1) is 18.1. The highest BCUT2D eigenvalue weighted by atomic mass is 32.1. The normalized spacial score (nSPS) is 15.4. The Morgan fingerprint density at radius 2 is 2.00 bits per heavy atom. The fourth-order valence-electron chi connectivity index (χ4n) is 3.42. The molecule has 7 heteroatoms. The van der Waals surface area contributed by atoms with Crippen LogP contribution in [0.3, 0.4) is 0 Å². The van der Waals surface area contributed by atoms with Crippen molar-refractivity contribution in [3.63, 3.8) is 0 Å². The van der Waals surface area contributed by atoms with Crippen LogP contribution in [-0.2, 0) is 17.9 Å². The van der Waals surface area contributed by atoms with E-state index in [1.54, 1.807) is 15.9 Å². The molecular weight excluding hydrogens is 336 g/mol. The summed E-state index contributed by atoms with van der Waals surface area (Å²) in [5.41, 5.74) is 0.865. The smallest absolute Gasteiger partial charge is 0.263 e. The number of thiophene rings is 1. The van der Waals surface area contributed by atoms with E-state index in [1.165, 1.54) is 0 Å². The Morgan fingerprint density at radius 1 is 1.32 bits per heavy atom. The van der Waals surface area contributed by atoms with Gasteiger partial charge >= 0.3 is 0 Å². The molecule has 6 nitrogen and oxygen atoms in total. The van der Waals surface area contributed by atoms with E-state index in [0.717, 1.165) is 41.0 Å². The molecule has 0 unspecified atom stereocenters. The third kappa shape index (κ3) is 3.77.